The topological polar surface area (TPSA) is 48.0 Å². The van der Waals surface area contributed by atoms with E-state index in [1.807, 2.05) is 34.9 Å². The van der Waals surface area contributed by atoms with Gasteiger partial charge in [-0.1, -0.05) is 19.1 Å². The molecule has 2 heterocycles. The first-order valence-corrected chi connectivity index (χ1v) is 9.17. The number of fused-ring (bicyclic) bond motifs is 2. The van der Waals surface area contributed by atoms with Crippen molar-refractivity contribution in [3.05, 3.63) is 42.5 Å². The second-order valence-corrected chi connectivity index (χ2v) is 7.51. The molecule has 25 heavy (non-hydrogen) atoms. The Morgan fingerprint density at radius 1 is 1.24 bits per heavy atom. The number of nitrogens with zero attached hydrogens (tertiary/aromatic N) is 1. The number of benzene rings is 2. The number of carbonyl (C=O) groups excluding carboxylic acids is 1. The third-order valence-electron chi connectivity index (χ3n) is 4.25. The lowest BCUT2D eigenvalue weighted by molar-refractivity contribution is -0.120. The van der Waals surface area contributed by atoms with Gasteiger partial charge in [0.1, 0.15) is 5.75 Å². The molecule has 6 heteroatoms. The molecule has 0 radical (unpaired) electrons. The minimum Gasteiger partial charge on any atom is -0.484 e. The molecule has 4 rings (SSSR count). The molecular formula is C19H19NO4S. The molecule has 0 fully saturated rings. The van der Waals surface area contributed by atoms with Crippen LogP contribution in [0.3, 0.4) is 0 Å². The van der Waals surface area contributed by atoms with Gasteiger partial charge in [0.2, 0.25) is 6.79 Å². The van der Waals surface area contributed by atoms with Gasteiger partial charge in [0.05, 0.1) is 5.69 Å². The molecule has 0 unspecified atom stereocenters. The fourth-order valence-corrected chi connectivity index (χ4v) is 4.05. The first-order chi connectivity index (χ1) is 12.2. The van der Waals surface area contributed by atoms with Crippen LogP contribution in [0.2, 0.25) is 0 Å². The van der Waals surface area contributed by atoms with Crippen LogP contribution >= 0.6 is 11.8 Å². The summed E-state index contributed by atoms with van der Waals surface area (Å²) in [5, 5.41) is 0.480. The number of amides is 1. The zero-order valence-electron chi connectivity index (χ0n) is 13.9. The summed E-state index contributed by atoms with van der Waals surface area (Å²) in [5.74, 6) is 1.91. The number of thioether (sulfide) groups is 1. The van der Waals surface area contributed by atoms with Crippen molar-refractivity contribution in [3.8, 4) is 17.2 Å². The Morgan fingerprint density at radius 2 is 2.08 bits per heavy atom. The molecule has 5 nitrogen and oxygen atoms in total. The second-order valence-electron chi connectivity index (χ2n) is 6.03. The van der Waals surface area contributed by atoms with E-state index in [9.17, 15) is 4.79 Å². The van der Waals surface area contributed by atoms with Gasteiger partial charge in [-0.15, -0.1) is 11.8 Å². The first-order valence-electron chi connectivity index (χ1n) is 8.29. The summed E-state index contributed by atoms with van der Waals surface area (Å²) in [6.07, 6.45) is 0.953. The number of hydrogen-bond donors (Lipinski definition) is 0. The van der Waals surface area contributed by atoms with Gasteiger partial charge in [0.15, 0.2) is 18.1 Å². The molecule has 2 aliphatic rings. The lowest BCUT2D eigenvalue weighted by Gasteiger charge is -2.22. The van der Waals surface area contributed by atoms with Crippen molar-refractivity contribution in [2.24, 2.45) is 0 Å². The molecule has 0 aromatic heterocycles. The van der Waals surface area contributed by atoms with E-state index in [0.717, 1.165) is 17.0 Å². The van der Waals surface area contributed by atoms with Crippen LogP contribution in [0.1, 0.15) is 13.3 Å². The Bertz CT molecular complexity index is 795. The molecule has 0 saturated carbocycles. The number of carbonyl (C=O) groups is 1. The molecule has 0 spiro atoms. The van der Waals surface area contributed by atoms with Gasteiger partial charge >= 0.3 is 0 Å². The van der Waals surface area contributed by atoms with Crippen molar-refractivity contribution >= 4 is 23.4 Å². The van der Waals surface area contributed by atoms with Crippen LogP contribution in [0.25, 0.3) is 0 Å². The van der Waals surface area contributed by atoms with Crippen molar-refractivity contribution in [1.29, 1.82) is 0 Å². The standard InChI is InChI=1S/C19H19NO4S/c1-13-8-9-20(15-4-2-3-5-18(15)25-13)19(21)11-22-14-6-7-16-17(10-14)24-12-23-16/h2-7,10,13H,8-9,11-12H2,1H3/t13-/m1/s1. The molecule has 0 aliphatic carbocycles. The first kappa shape index (κ1) is 16.1. The zero-order valence-corrected chi connectivity index (χ0v) is 14.8. The molecule has 1 atom stereocenters. The fourth-order valence-electron chi connectivity index (χ4n) is 2.94. The number of rotatable bonds is 3. The van der Waals surface area contributed by atoms with Crippen LogP contribution in [0, 0.1) is 0 Å². The summed E-state index contributed by atoms with van der Waals surface area (Å²) >= 11 is 1.82. The van der Waals surface area contributed by atoms with Gasteiger partial charge in [-0.25, -0.2) is 0 Å². The average Bonchev–Trinajstić information content (AvgIpc) is 3.02. The average molecular weight is 357 g/mol. The van der Waals surface area contributed by atoms with Gasteiger partial charge in [-0.3, -0.25) is 4.79 Å². The maximum Gasteiger partial charge on any atom is 0.264 e. The highest BCUT2D eigenvalue weighted by molar-refractivity contribution is 8.00. The van der Waals surface area contributed by atoms with Crippen molar-refractivity contribution in [3.63, 3.8) is 0 Å². The SMILES string of the molecule is C[C@@H]1CCN(C(=O)COc2ccc3c(c2)OCO3)c2ccccc2S1. The molecule has 2 aliphatic heterocycles. The van der Waals surface area contributed by atoms with Crippen molar-refractivity contribution in [1.82, 2.24) is 0 Å². The van der Waals surface area contributed by atoms with Gasteiger partial charge < -0.3 is 19.1 Å². The van der Waals surface area contributed by atoms with E-state index in [-0.39, 0.29) is 19.3 Å². The van der Waals surface area contributed by atoms with Crippen LogP contribution in [-0.2, 0) is 4.79 Å². The minimum absolute atomic E-state index is 0.00692. The van der Waals surface area contributed by atoms with Gasteiger partial charge in [-0.05, 0) is 30.7 Å². The molecule has 130 valence electrons. The van der Waals surface area contributed by atoms with Crippen molar-refractivity contribution < 1.29 is 19.0 Å². The summed E-state index contributed by atoms with van der Waals surface area (Å²) in [7, 11) is 0. The maximum atomic E-state index is 12.8. The molecule has 0 N–H and O–H groups in total. The highest BCUT2D eigenvalue weighted by Crippen LogP contribution is 2.38. The van der Waals surface area contributed by atoms with Crippen LogP contribution in [0.5, 0.6) is 17.2 Å². The zero-order chi connectivity index (χ0) is 17.2. The van der Waals surface area contributed by atoms with E-state index in [2.05, 4.69) is 13.0 Å². The molecule has 0 bridgehead atoms. The van der Waals surface area contributed by atoms with E-state index < -0.39 is 0 Å². The third kappa shape index (κ3) is 3.39. The lowest BCUT2D eigenvalue weighted by Crippen LogP contribution is -2.36. The Kier molecular flexibility index (Phi) is 4.44. The normalized spacial score (nSPS) is 18.4. The van der Waals surface area contributed by atoms with Gasteiger partial charge in [-0.2, -0.15) is 0 Å². The number of para-hydroxylation sites is 1. The predicted molar refractivity (Wildman–Crippen MR) is 96.8 cm³/mol. The molecule has 0 saturated heterocycles. The lowest BCUT2D eigenvalue weighted by atomic mass is 10.2. The van der Waals surface area contributed by atoms with E-state index in [1.165, 1.54) is 0 Å². The van der Waals surface area contributed by atoms with E-state index in [4.69, 9.17) is 14.2 Å². The monoisotopic (exact) mass is 357 g/mol. The van der Waals surface area contributed by atoms with E-state index in [0.29, 0.717) is 29.0 Å². The van der Waals surface area contributed by atoms with Crippen LogP contribution in [-0.4, -0.2) is 31.1 Å². The summed E-state index contributed by atoms with van der Waals surface area (Å²) in [5.41, 5.74) is 0.969. The van der Waals surface area contributed by atoms with Gasteiger partial charge in [0, 0.05) is 22.8 Å². The summed E-state index contributed by atoms with van der Waals surface area (Å²) in [6.45, 7) is 3.11. The minimum atomic E-state index is -0.0418. The van der Waals surface area contributed by atoms with Crippen LogP contribution < -0.4 is 19.1 Å². The third-order valence-corrected chi connectivity index (χ3v) is 5.49. The largest absolute Gasteiger partial charge is 0.484 e. The fraction of sp³-hybridized carbons (Fsp3) is 0.316. The van der Waals surface area contributed by atoms with E-state index in [1.54, 1.807) is 18.2 Å². The predicted octanol–water partition coefficient (Wildman–Crippen LogP) is 3.71. The number of ether oxygens (including phenoxy) is 3. The number of anilines is 1. The van der Waals surface area contributed by atoms with Crippen LogP contribution in [0.15, 0.2) is 47.4 Å². The summed E-state index contributed by atoms with van der Waals surface area (Å²) in [6, 6.07) is 13.4. The molecule has 2 aromatic carbocycles. The number of hydrogen-bond acceptors (Lipinski definition) is 5. The quantitative estimate of drug-likeness (QED) is 0.838. The Balaban J connectivity index is 1.47. The molecule has 1 amide bonds. The van der Waals surface area contributed by atoms with Crippen LogP contribution in [0.4, 0.5) is 5.69 Å². The Morgan fingerprint density at radius 3 is 3.00 bits per heavy atom. The summed E-state index contributed by atoms with van der Waals surface area (Å²) < 4.78 is 16.3. The highest BCUT2D eigenvalue weighted by Gasteiger charge is 2.24. The smallest absolute Gasteiger partial charge is 0.264 e. The maximum absolute atomic E-state index is 12.8. The highest BCUT2D eigenvalue weighted by atomic mass is 32.2. The van der Waals surface area contributed by atoms with Crippen molar-refractivity contribution in [2.45, 2.75) is 23.5 Å². The van der Waals surface area contributed by atoms with Crippen molar-refractivity contribution in [2.75, 3.05) is 24.8 Å². The summed E-state index contributed by atoms with van der Waals surface area (Å²) in [4.78, 5) is 15.7. The second kappa shape index (κ2) is 6.88. The van der Waals surface area contributed by atoms with E-state index >= 15 is 0 Å². The molecular weight excluding hydrogens is 338 g/mol. The Labute approximate surface area is 150 Å². The Hall–Kier alpha value is -2.34. The molecule has 2 aromatic rings. The van der Waals surface area contributed by atoms with Gasteiger partial charge in [0.25, 0.3) is 5.91 Å².